The molecule has 1 aromatic heterocycles. The van der Waals surface area contributed by atoms with Crippen molar-refractivity contribution in [3.63, 3.8) is 0 Å². The molecule has 0 spiro atoms. The highest BCUT2D eigenvalue weighted by Crippen LogP contribution is 2.25. The zero-order valence-electron chi connectivity index (χ0n) is 21.2. The van der Waals surface area contributed by atoms with Crippen molar-refractivity contribution in [2.75, 3.05) is 29.9 Å². The molecule has 0 saturated carbocycles. The fourth-order valence-corrected chi connectivity index (χ4v) is 3.76. The predicted octanol–water partition coefficient (Wildman–Crippen LogP) is 5.32. The molecule has 1 aliphatic rings. The third kappa shape index (κ3) is 7.22. The Balaban J connectivity index is 1.29. The van der Waals surface area contributed by atoms with Gasteiger partial charge in [0.15, 0.2) is 5.58 Å². The SMILES string of the molecule is CC(C)(C)OC(=O)NCC(=CF)COc1ccc2nc(NCc3ccc(N4CCCC4=O)cc3)oc2c1. The number of benzene rings is 2. The minimum absolute atomic E-state index is 0.0423. The predicted molar refractivity (Wildman–Crippen MR) is 138 cm³/mol. The van der Waals surface area contributed by atoms with Gasteiger partial charge in [0, 0.05) is 43.4 Å². The number of carbonyl (C=O) groups excluding carboxylic acids is 2. The van der Waals surface area contributed by atoms with Crippen LogP contribution in [0.4, 0.5) is 20.9 Å². The second kappa shape index (κ2) is 11.3. The third-order valence-corrected chi connectivity index (χ3v) is 5.56. The first-order valence-corrected chi connectivity index (χ1v) is 12.1. The van der Waals surface area contributed by atoms with Crippen molar-refractivity contribution in [3.05, 3.63) is 59.9 Å². The minimum atomic E-state index is -0.639. The van der Waals surface area contributed by atoms with Gasteiger partial charge in [0.2, 0.25) is 5.91 Å². The lowest BCUT2D eigenvalue weighted by atomic mass is 10.2. The van der Waals surface area contributed by atoms with Crippen LogP contribution in [0.5, 0.6) is 5.75 Å². The van der Waals surface area contributed by atoms with Crippen LogP contribution < -0.4 is 20.3 Å². The topological polar surface area (TPSA) is 106 Å². The molecule has 0 radical (unpaired) electrons. The molecule has 0 bridgehead atoms. The lowest BCUT2D eigenvalue weighted by molar-refractivity contribution is -0.117. The fraction of sp³-hybridized carbons (Fsp3) is 0.370. The molecule has 2 N–H and O–H groups in total. The van der Waals surface area contributed by atoms with E-state index in [-0.39, 0.29) is 24.6 Å². The zero-order valence-corrected chi connectivity index (χ0v) is 21.2. The molecule has 3 aromatic rings. The highest BCUT2D eigenvalue weighted by Gasteiger charge is 2.21. The summed E-state index contributed by atoms with van der Waals surface area (Å²) >= 11 is 0. The average Bonchev–Trinajstić information content (AvgIpc) is 3.47. The standard InChI is InChI=1S/C27H31FN4O5/c1-27(2,3)37-26(34)30-16-19(14-28)17-35-21-10-11-22-23(13-21)36-25(31-22)29-15-18-6-8-20(9-7-18)32-12-4-5-24(32)33/h6-11,13-14H,4-5,12,15-17H2,1-3H3,(H,29,31)(H,30,34). The van der Waals surface area contributed by atoms with Gasteiger partial charge in [-0.25, -0.2) is 9.18 Å². The van der Waals surface area contributed by atoms with Gasteiger partial charge in [-0.2, -0.15) is 4.98 Å². The maximum atomic E-state index is 13.3. The minimum Gasteiger partial charge on any atom is -0.489 e. The first kappa shape index (κ1) is 26.0. The number of amides is 2. The number of halogens is 1. The summed E-state index contributed by atoms with van der Waals surface area (Å²) in [6.45, 7) is 6.41. The Morgan fingerprint density at radius 1 is 1.22 bits per heavy atom. The summed E-state index contributed by atoms with van der Waals surface area (Å²) in [5.74, 6) is 0.633. The van der Waals surface area contributed by atoms with Gasteiger partial charge in [-0.05, 0) is 57.0 Å². The average molecular weight is 511 g/mol. The summed E-state index contributed by atoms with van der Waals surface area (Å²) in [6.07, 6.45) is 1.27. The number of oxazole rings is 1. The molecule has 1 aliphatic heterocycles. The fourth-order valence-electron chi connectivity index (χ4n) is 3.76. The third-order valence-electron chi connectivity index (χ3n) is 5.56. The Kier molecular flexibility index (Phi) is 7.95. The Hall–Kier alpha value is -4.08. The van der Waals surface area contributed by atoms with Crippen molar-refractivity contribution in [2.45, 2.75) is 45.8 Å². The van der Waals surface area contributed by atoms with Crippen molar-refractivity contribution < 1.29 is 27.9 Å². The Labute approximate surface area is 214 Å². The largest absolute Gasteiger partial charge is 0.489 e. The van der Waals surface area contributed by atoms with E-state index < -0.39 is 11.7 Å². The zero-order chi connectivity index (χ0) is 26.4. The second-order valence-electron chi connectivity index (χ2n) is 9.73. The molecular formula is C27H31FN4O5. The lowest BCUT2D eigenvalue weighted by Gasteiger charge is -2.20. The molecule has 0 atom stereocenters. The van der Waals surface area contributed by atoms with Crippen LogP contribution in [-0.4, -0.2) is 42.3 Å². The number of anilines is 2. The molecule has 9 nitrogen and oxygen atoms in total. The van der Waals surface area contributed by atoms with E-state index in [1.807, 2.05) is 29.2 Å². The molecule has 4 rings (SSSR count). The van der Waals surface area contributed by atoms with Gasteiger partial charge >= 0.3 is 6.09 Å². The molecule has 1 fully saturated rings. The van der Waals surface area contributed by atoms with Gasteiger partial charge < -0.3 is 29.4 Å². The smallest absolute Gasteiger partial charge is 0.407 e. The van der Waals surface area contributed by atoms with Crippen molar-refractivity contribution in [2.24, 2.45) is 0 Å². The molecular weight excluding hydrogens is 479 g/mol. The van der Waals surface area contributed by atoms with Crippen LogP contribution in [0, 0.1) is 0 Å². The molecule has 37 heavy (non-hydrogen) atoms. The van der Waals surface area contributed by atoms with E-state index in [2.05, 4.69) is 15.6 Å². The van der Waals surface area contributed by atoms with Gasteiger partial charge in [-0.1, -0.05) is 12.1 Å². The maximum absolute atomic E-state index is 13.3. The Morgan fingerprint density at radius 3 is 2.68 bits per heavy atom. The maximum Gasteiger partial charge on any atom is 0.407 e. The number of ether oxygens (including phenoxy) is 2. The lowest BCUT2D eigenvalue weighted by Crippen LogP contribution is -2.34. The second-order valence-corrected chi connectivity index (χ2v) is 9.73. The molecule has 2 amide bonds. The van der Waals surface area contributed by atoms with Gasteiger partial charge in [0.05, 0.1) is 6.33 Å². The van der Waals surface area contributed by atoms with Crippen LogP contribution in [0.2, 0.25) is 0 Å². The van der Waals surface area contributed by atoms with Crippen LogP contribution in [0.15, 0.2) is 58.8 Å². The van der Waals surface area contributed by atoms with Crippen molar-refractivity contribution in [1.82, 2.24) is 10.3 Å². The molecule has 0 aliphatic carbocycles. The van der Waals surface area contributed by atoms with E-state index >= 15 is 0 Å². The Bertz CT molecular complexity index is 1280. The van der Waals surface area contributed by atoms with Gasteiger partial charge in [-0.15, -0.1) is 0 Å². The van der Waals surface area contributed by atoms with Crippen LogP contribution >= 0.6 is 0 Å². The summed E-state index contributed by atoms with van der Waals surface area (Å²) in [7, 11) is 0. The number of fused-ring (bicyclic) bond motifs is 1. The number of hydrogen-bond acceptors (Lipinski definition) is 7. The van der Waals surface area contributed by atoms with Gasteiger partial charge in [0.25, 0.3) is 6.01 Å². The number of rotatable bonds is 9. The molecule has 1 saturated heterocycles. The van der Waals surface area contributed by atoms with E-state index in [9.17, 15) is 14.0 Å². The quantitative estimate of drug-likeness (QED) is 0.401. The van der Waals surface area contributed by atoms with Crippen LogP contribution in [0.25, 0.3) is 11.1 Å². The molecule has 0 unspecified atom stereocenters. The number of nitrogens with one attached hydrogen (secondary N) is 2. The monoisotopic (exact) mass is 510 g/mol. The van der Waals surface area contributed by atoms with Crippen LogP contribution in [0.1, 0.15) is 39.2 Å². The summed E-state index contributed by atoms with van der Waals surface area (Å²) in [5, 5.41) is 5.66. The van der Waals surface area contributed by atoms with E-state index in [0.717, 1.165) is 24.2 Å². The molecule has 196 valence electrons. The molecule has 2 heterocycles. The summed E-state index contributed by atoms with van der Waals surface area (Å²) in [6, 6.07) is 13.3. The first-order chi connectivity index (χ1) is 17.7. The van der Waals surface area contributed by atoms with Crippen molar-refractivity contribution >= 4 is 34.8 Å². The summed E-state index contributed by atoms with van der Waals surface area (Å²) in [5.41, 5.74) is 2.69. The van der Waals surface area contributed by atoms with E-state index in [1.165, 1.54) is 0 Å². The number of alkyl carbamates (subject to hydrolysis) is 1. The van der Waals surface area contributed by atoms with Crippen molar-refractivity contribution in [3.8, 4) is 5.75 Å². The molecule has 2 aromatic carbocycles. The first-order valence-electron chi connectivity index (χ1n) is 12.1. The summed E-state index contributed by atoms with van der Waals surface area (Å²) in [4.78, 5) is 29.9. The van der Waals surface area contributed by atoms with Crippen LogP contribution in [0.3, 0.4) is 0 Å². The number of carbonyl (C=O) groups is 2. The van der Waals surface area contributed by atoms with E-state index in [1.54, 1.807) is 39.0 Å². The van der Waals surface area contributed by atoms with Gasteiger partial charge in [0.1, 0.15) is 23.5 Å². The number of hydrogen-bond donors (Lipinski definition) is 2. The number of nitrogens with zero attached hydrogens (tertiary/aromatic N) is 2. The molecule has 10 heteroatoms. The Morgan fingerprint density at radius 2 is 2.00 bits per heavy atom. The van der Waals surface area contributed by atoms with Gasteiger partial charge in [-0.3, -0.25) is 4.79 Å². The van der Waals surface area contributed by atoms with E-state index in [4.69, 9.17) is 13.9 Å². The van der Waals surface area contributed by atoms with E-state index in [0.29, 0.717) is 42.2 Å². The van der Waals surface area contributed by atoms with Crippen molar-refractivity contribution in [1.29, 1.82) is 0 Å². The summed E-state index contributed by atoms with van der Waals surface area (Å²) < 4.78 is 29.9. The number of aromatic nitrogens is 1. The van der Waals surface area contributed by atoms with Crippen LogP contribution in [-0.2, 0) is 16.1 Å². The highest BCUT2D eigenvalue weighted by molar-refractivity contribution is 5.95. The normalized spacial score (nSPS) is 14.2. The highest BCUT2D eigenvalue weighted by atomic mass is 19.1.